The van der Waals surface area contributed by atoms with Gasteiger partial charge < -0.3 is 10.1 Å². The maximum atomic E-state index is 5.95. The molecule has 1 aromatic carbocycles. The zero-order valence-corrected chi connectivity index (χ0v) is 13.3. The molecule has 0 amide bonds. The molecule has 2 nitrogen and oxygen atoms in total. The van der Waals surface area contributed by atoms with Gasteiger partial charge in [0.1, 0.15) is 12.4 Å². The first-order chi connectivity index (χ1) is 8.90. The smallest absolute Gasteiger partial charge is 0.120 e. The minimum absolute atomic E-state index is 0.365. The largest absolute Gasteiger partial charge is 0.492 e. The lowest BCUT2D eigenvalue weighted by Crippen LogP contribution is -2.35. The SMILES string of the molecule is CCNC(CCC(C)(C)C)COc1cccc(Cl)c1. The maximum Gasteiger partial charge on any atom is 0.120 e. The van der Waals surface area contributed by atoms with E-state index in [4.69, 9.17) is 16.3 Å². The third-order valence-electron chi connectivity index (χ3n) is 2.98. The van der Waals surface area contributed by atoms with E-state index in [9.17, 15) is 0 Å². The second-order valence-corrected chi connectivity index (χ2v) is 6.56. The van der Waals surface area contributed by atoms with Crippen LogP contribution in [0.15, 0.2) is 24.3 Å². The summed E-state index contributed by atoms with van der Waals surface area (Å²) >= 11 is 5.95. The van der Waals surface area contributed by atoms with E-state index in [2.05, 4.69) is 33.0 Å². The number of hydrogen-bond donors (Lipinski definition) is 1. The quantitative estimate of drug-likeness (QED) is 0.794. The predicted octanol–water partition coefficient (Wildman–Crippen LogP) is 4.52. The van der Waals surface area contributed by atoms with Gasteiger partial charge in [0, 0.05) is 11.1 Å². The van der Waals surface area contributed by atoms with Crippen molar-refractivity contribution in [3.05, 3.63) is 29.3 Å². The lowest BCUT2D eigenvalue weighted by atomic mass is 9.89. The van der Waals surface area contributed by atoms with E-state index < -0.39 is 0 Å². The molecule has 1 atom stereocenters. The first-order valence-electron chi connectivity index (χ1n) is 7.02. The number of benzene rings is 1. The maximum absolute atomic E-state index is 5.95. The summed E-state index contributed by atoms with van der Waals surface area (Å²) in [6.07, 6.45) is 2.31. The number of ether oxygens (including phenoxy) is 1. The Morgan fingerprint density at radius 2 is 2.05 bits per heavy atom. The molecule has 0 aromatic heterocycles. The van der Waals surface area contributed by atoms with Crippen molar-refractivity contribution in [2.45, 2.75) is 46.6 Å². The summed E-state index contributed by atoms with van der Waals surface area (Å²) in [7, 11) is 0. The molecule has 0 radical (unpaired) electrons. The Hall–Kier alpha value is -0.730. The van der Waals surface area contributed by atoms with Crippen molar-refractivity contribution in [1.82, 2.24) is 5.32 Å². The first kappa shape index (κ1) is 16.3. The summed E-state index contributed by atoms with van der Waals surface area (Å²) in [6, 6.07) is 7.96. The highest BCUT2D eigenvalue weighted by atomic mass is 35.5. The summed E-state index contributed by atoms with van der Waals surface area (Å²) in [4.78, 5) is 0. The van der Waals surface area contributed by atoms with Crippen molar-refractivity contribution < 1.29 is 4.74 Å². The summed E-state index contributed by atoms with van der Waals surface area (Å²) in [5, 5.41) is 4.20. The topological polar surface area (TPSA) is 21.3 Å². The van der Waals surface area contributed by atoms with Crippen LogP contribution in [-0.2, 0) is 0 Å². The molecule has 3 heteroatoms. The normalized spacial score (nSPS) is 13.3. The highest BCUT2D eigenvalue weighted by Crippen LogP contribution is 2.22. The highest BCUT2D eigenvalue weighted by Gasteiger charge is 2.15. The molecule has 19 heavy (non-hydrogen) atoms. The van der Waals surface area contributed by atoms with E-state index in [1.807, 2.05) is 24.3 Å². The van der Waals surface area contributed by atoms with Crippen LogP contribution in [-0.4, -0.2) is 19.2 Å². The number of hydrogen-bond acceptors (Lipinski definition) is 2. The van der Waals surface area contributed by atoms with Crippen molar-refractivity contribution >= 4 is 11.6 Å². The summed E-state index contributed by atoms with van der Waals surface area (Å²) in [5.41, 5.74) is 0.365. The Kier molecular flexibility index (Phi) is 6.67. The predicted molar refractivity (Wildman–Crippen MR) is 83.1 cm³/mol. The van der Waals surface area contributed by atoms with Crippen LogP contribution in [0.4, 0.5) is 0 Å². The lowest BCUT2D eigenvalue weighted by molar-refractivity contribution is 0.237. The molecule has 0 aliphatic rings. The van der Waals surface area contributed by atoms with E-state index in [-0.39, 0.29) is 0 Å². The second kappa shape index (κ2) is 7.76. The van der Waals surface area contributed by atoms with E-state index in [0.29, 0.717) is 23.1 Å². The Morgan fingerprint density at radius 3 is 2.63 bits per heavy atom. The molecule has 1 rings (SSSR count). The minimum Gasteiger partial charge on any atom is -0.492 e. The number of likely N-dealkylation sites (N-methyl/N-ethyl adjacent to an activating group) is 1. The fourth-order valence-corrected chi connectivity index (χ4v) is 2.07. The minimum atomic E-state index is 0.365. The van der Waals surface area contributed by atoms with Crippen LogP contribution in [0, 0.1) is 5.41 Å². The Morgan fingerprint density at radius 1 is 1.32 bits per heavy atom. The van der Waals surface area contributed by atoms with Crippen molar-refractivity contribution in [3.8, 4) is 5.75 Å². The Bertz CT molecular complexity index is 373. The lowest BCUT2D eigenvalue weighted by Gasteiger charge is -2.24. The molecule has 0 aliphatic carbocycles. The summed E-state index contributed by atoms with van der Waals surface area (Å²) in [5.74, 6) is 0.839. The first-order valence-corrected chi connectivity index (χ1v) is 7.40. The van der Waals surface area contributed by atoms with Gasteiger partial charge in [-0.05, 0) is 43.0 Å². The Balaban J connectivity index is 2.45. The van der Waals surface area contributed by atoms with Gasteiger partial charge in [0.2, 0.25) is 0 Å². The monoisotopic (exact) mass is 283 g/mol. The third kappa shape index (κ3) is 7.44. The number of halogens is 1. The molecule has 1 unspecified atom stereocenters. The molecule has 1 aromatic rings. The van der Waals surface area contributed by atoms with Gasteiger partial charge in [-0.1, -0.05) is 45.4 Å². The number of nitrogens with one attached hydrogen (secondary N) is 1. The molecule has 0 saturated heterocycles. The third-order valence-corrected chi connectivity index (χ3v) is 3.22. The van der Waals surface area contributed by atoms with Crippen LogP contribution < -0.4 is 10.1 Å². The van der Waals surface area contributed by atoms with Crippen LogP contribution in [0.2, 0.25) is 5.02 Å². The van der Waals surface area contributed by atoms with Crippen molar-refractivity contribution in [2.75, 3.05) is 13.2 Å². The fraction of sp³-hybridized carbons (Fsp3) is 0.625. The molecule has 0 saturated carbocycles. The van der Waals surface area contributed by atoms with Gasteiger partial charge in [0.25, 0.3) is 0 Å². The van der Waals surface area contributed by atoms with Gasteiger partial charge in [-0.15, -0.1) is 0 Å². The average Bonchev–Trinajstić information content (AvgIpc) is 2.32. The van der Waals surface area contributed by atoms with Crippen LogP contribution >= 0.6 is 11.6 Å². The number of rotatable bonds is 7. The van der Waals surface area contributed by atoms with E-state index in [1.54, 1.807) is 0 Å². The van der Waals surface area contributed by atoms with Crippen molar-refractivity contribution in [1.29, 1.82) is 0 Å². The molecule has 0 heterocycles. The van der Waals surface area contributed by atoms with E-state index in [1.165, 1.54) is 6.42 Å². The van der Waals surface area contributed by atoms with Crippen molar-refractivity contribution in [3.63, 3.8) is 0 Å². The van der Waals surface area contributed by atoms with Crippen LogP contribution in [0.1, 0.15) is 40.5 Å². The summed E-state index contributed by atoms with van der Waals surface area (Å²) < 4.78 is 5.82. The van der Waals surface area contributed by atoms with Gasteiger partial charge in [0.15, 0.2) is 0 Å². The van der Waals surface area contributed by atoms with Crippen LogP contribution in [0.3, 0.4) is 0 Å². The average molecular weight is 284 g/mol. The standard InChI is InChI=1S/C16H26ClNO/c1-5-18-14(9-10-16(2,3)4)12-19-15-8-6-7-13(17)11-15/h6-8,11,14,18H,5,9-10,12H2,1-4H3. The second-order valence-electron chi connectivity index (χ2n) is 6.12. The van der Waals surface area contributed by atoms with Crippen LogP contribution in [0.5, 0.6) is 5.75 Å². The molecule has 1 N–H and O–H groups in total. The molecular weight excluding hydrogens is 258 g/mol. The van der Waals surface area contributed by atoms with Gasteiger partial charge in [-0.2, -0.15) is 0 Å². The van der Waals surface area contributed by atoms with Gasteiger partial charge in [0.05, 0.1) is 0 Å². The van der Waals surface area contributed by atoms with Gasteiger partial charge in [-0.3, -0.25) is 0 Å². The van der Waals surface area contributed by atoms with Gasteiger partial charge >= 0.3 is 0 Å². The molecule has 0 spiro atoms. The Labute approximate surface area is 122 Å². The van der Waals surface area contributed by atoms with Crippen LogP contribution in [0.25, 0.3) is 0 Å². The molecule has 108 valence electrons. The molecular formula is C16H26ClNO. The molecule has 0 bridgehead atoms. The van der Waals surface area contributed by atoms with E-state index in [0.717, 1.165) is 18.7 Å². The molecule has 0 aliphatic heterocycles. The zero-order valence-electron chi connectivity index (χ0n) is 12.5. The molecule has 0 fully saturated rings. The highest BCUT2D eigenvalue weighted by molar-refractivity contribution is 6.30. The fourth-order valence-electron chi connectivity index (χ4n) is 1.89. The summed E-state index contributed by atoms with van der Waals surface area (Å²) in [6.45, 7) is 10.6. The van der Waals surface area contributed by atoms with E-state index >= 15 is 0 Å². The van der Waals surface area contributed by atoms with Crippen molar-refractivity contribution in [2.24, 2.45) is 5.41 Å². The zero-order chi connectivity index (χ0) is 14.3. The van der Waals surface area contributed by atoms with Gasteiger partial charge in [-0.25, -0.2) is 0 Å².